The van der Waals surface area contributed by atoms with E-state index in [0.29, 0.717) is 11.9 Å². The van der Waals surface area contributed by atoms with Crippen molar-refractivity contribution in [3.05, 3.63) is 17.5 Å². The Hall–Kier alpha value is -1.40. The van der Waals surface area contributed by atoms with Crippen molar-refractivity contribution in [2.45, 2.75) is 26.3 Å². The Bertz CT molecular complexity index is 536. The van der Waals surface area contributed by atoms with Crippen molar-refractivity contribution in [1.82, 2.24) is 19.6 Å². The molecule has 1 aromatic heterocycles. The van der Waals surface area contributed by atoms with Crippen molar-refractivity contribution in [2.24, 2.45) is 5.92 Å². The van der Waals surface area contributed by atoms with Crippen LogP contribution in [0.25, 0.3) is 0 Å². The van der Waals surface area contributed by atoms with Crippen molar-refractivity contribution in [1.29, 1.82) is 0 Å². The van der Waals surface area contributed by atoms with E-state index >= 15 is 0 Å². The molecule has 3 rings (SSSR count). The van der Waals surface area contributed by atoms with Gasteiger partial charge in [-0.25, -0.2) is 0 Å². The molecule has 0 saturated carbocycles. The molecule has 0 radical (unpaired) electrons. The van der Waals surface area contributed by atoms with Gasteiger partial charge in [-0.2, -0.15) is 5.10 Å². The van der Waals surface area contributed by atoms with Crippen LogP contribution in [0.5, 0.6) is 0 Å². The Morgan fingerprint density at radius 2 is 2.14 bits per heavy atom. The molecule has 2 aliphatic rings. The first-order valence-electron chi connectivity index (χ1n) is 8.11. The third-order valence-corrected chi connectivity index (χ3v) is 4.80. The molecule has 0 unspecified atom stereocenters. The first kappa shape index (κ1) is 15.5. The van der Waals surface area contributed by atoms with E-state index in [1.54, 1.807) is 7.11 Å². The zero-order valence-electron chi connectivity index (χ0n) is 13.8. The van der Waals surface area contributed by atoms with Gasteiger partial charge in [0.05, 0.1) is 24.3 Å². The van der Waals surface area contributed by atoms with E-state index in [0.717, 1.165) is 51.4 Å². The zero-order valence-corrected chi connectivity index (χ0v) is 13.8. The van der Waals surface area contributed by atoms with Crippen LogP contribution < -0.4 is 0 Å². The number of carbonyl (C=O) groups is 1. The fourth-order valence-electron chi connectivity index (χ4n) is 3.52. The summed E-state index contributed by atoms with van der Waals surface area (Å²) in [6, 6.07) is 2.44. The lowest BCUT2D eigenvalue weighted by atomic mass is 10.0. The Morgan fingerprint density at radius 3 is 2.77 bits per heavy atom. The standard InChI is InChI=1S/C16H26N4O2/c1-12-8-13(2)20(17-12)15-10-19(11-15)16(21)14-4-5-18(9-14)6-7-22-3/h8,14-15H,4-7,9-11H2,1-3H3/t14-/m0/s1. The predicted molar refractivity (Wildman–Crippen MR) is 83.7 cm³/mol. The number of hydrogen-bond donors (Lipinski definition) is 0. The molecular weight excluding hydrogens is 280 g/mol. The molecule has 2 saturated heterocycles. The number of amides is 1. The van der Waals surface area contributed by atoms with Gasteiger partial charge in [0.2, 0.25) is 5.91 Å². The van der Waals surface area contributed by atoms with Gasteiger partial charge in [0.15, 0.2) is 0 Å². The second-order valence-corrected chi connectivity index (χ2v) is 6.55. The fraction of sp³-hybridized carbons (Fsp3) is 0.750. The van der Waals surface area contributed by atoms with Gasteiger partial charge in [-0.15, -0.1) is 0 Å². The molecule has 2 aliphatic heterocycles. The van der Waals surface area contributed by atoms with Crippen molar-refractivity contribution in [2.75, 3.05) is 46.4 Å². The van der Waals surface area contributed by atoms with Gasteiger partial charge in [-0.1, -0.05) is 0 Å². The van der Waals surface area contributed by atoms with Gasteiger partial charge >= 0.3 is 0 Å². The number of methoxy groups -OCH3 is 1. The van der Waals surface area contributed by atoms with E-state index in [9.17, 15) is 4.79 Å². The normalized spacial score (nSPS) is 23.0. The van der Waals surface area contributed by atoms with Gasteiger partial charge < -0.3 is 14.5 Å². The summed E-state index contributed by atoms with van der Waals surface area (Å²) >= 11 is 0. The van der Waals surface area contributed by atoms with Crippen LogP contribution in [0.4, 0.5) is 0 Å². The van der Waals surface area contributed by atoms with Crippen LogP contribution in [-0.2, 0) is 9.53 Å². The number of aryl methyl sites for hydroxylation is 2. The van der Waals surface area contributed by atoms with Crippen molar-refractivity contribution < 1.29 is 9.53 Å². The first-order valence-corrected chi connectivity index (χ1v) is 8.11. The monoisotopic (exact) mass is 306 g/mol. The fourth-order valence-corrected chi connectivity index (χ4v) is 3.52. The molecule has 1 atom stereocenters. The van der Waals surface area contributed by atoms with Crippen molar-refractivity contribution in [3.63, 3.8) is 0 Å². The van der Waals surface area contributed by atoms with Crippen LogP contribution in [-0.4, -0.2) is 71.9 Å². The summed E-state index contributed by atoms with van der Waals surface area (Å²) in [7, 11) is 1.72. The number of nitrogens with zero attached hydrogens (tertiary/aromatic N) is 4. The van der Waals surface area contributed by atoms with Gasteiger partial charge in [-0.3, -0.25) is 9.48 Å². The minimum absolute atomic E-state index is 0.165. The lowest BCUT2D eigenvalue weighted by Crippen LogP contribution is -2.53. The maximum absolute atomic E-state index is 12.6. The van der Waals surface area contributed by atoms with Gasteiger partial charge in [-0.05, 0) is 32.9 Å². The molecule has 6 heteroatoms. The highest BCUT2D eigenvalue weighted by Crippen LogP contribution is 2.27. The summed E-state index contributed by atoms with van der Waals surface area (Å²) in [5.41, 5.74) is 2.23. The summed E-state index contributed by atoms with van der Waals surface area (Å²) in [4.78, 5) is 16.9. The molecule has 1 amide bonds. The lowest BCUT2D eigenvalue weighted by molar-refractivity contribution is -0.141. The summed E-state index contributed by atoms with van der Waals surface area (Å²) in [6.07, 6.45) is 0.976. The average molecular weight is 306 g/mol. The third kappa shape index (κ3) is 3.03. The van der Waals surface area contributed by atoms with Crippen LogP contribution in [0.2, 0.25) is 0 Å². The lowest BCUT2D eigenvalue weighted by Gasteiger charge is -2.41. The van der Waals surface area contributed by atoms with E-state index in [2.05, 4.69) is 27.7 Å². The molecule has 0 aromatic carbocycles. The summed E-state index contributed by atoms with van der Waals surface area (Å²) in [5, 5.41) is 4.53. The first-order chi connectivity index (χ1) is 10.6. The molecule has 0 spiro atoms. The molecule has 6 nitrogen and oxygen atoms in total. The van der Waals surface area contributed by atoms with Crippen LogP contribution in [0.15, 0.2) is 6.07 Å². The number of carbonyl (C=O) groups excluding carboxylic acids is 1. The topological polar surface area (TPSA) is 50.6 Å². The van der Waals surface area contributed by atoms with Crippen LogP contribution in [0, 0.1) is 19.8 Å². The summed E-state index contributed by atoms with van der Waals surface area (Å²) < 4.78 is 7.18. The van der Waals surface area contributed by atoms with E-state index < -0.39 is 0 Å². The Morgan fingerprint density at radius 1 is 1.36 bits per heavy atom. The quantitative estimate of drug-likeness (QED) is 0.809. The number of likely N-dealkylation sites (tertiary alicyclic amines) is 2. The van der Waals surface area contributed by atoms with Crippen LogP contribution in [0.1, 0.15) is 23.9 Å². The zero-order chi connectivity index (χ0) is 15.7. The van der Waals surface area contributed by atoms with E-state index in [1.807, 2.05) is 11.8 Å². The van der Waals surface area contributed by atoms with Crippen molar-refractivity contribution >= 4 is 5.91 Å². The van der Waals surface area contributed by atoms with E-state index in [1.165, 1.54) is 5.69 Å². The second-order valence-electron chi connectivity index (χ2n) is 6.55. The second kappa shape index (κ2) is 6.38. The maximum atomic E-state index is 12.6. The highest BCUT2D eigenvalue weighted by Gasteiger charge is 2.38. The molecule has 122 valence electrons. The van der Waals surface area contributed by atoms with E-state index in [-0.39, 0.29) is 5.92 Å². The minimum atomic E-state index is 0.165. The van der Waals surface area contributed by atoms with Gasteiger partial charge in [0, 0.05) is 39.0 Å². The molecule has 2 fully saturated rings. The summed E-state index contributed by atoms with van der Waals surface area (Å²) in [6.45, 7) is 9.25. The molecule has 0 N–H and O–H groups in total. The molecular formula is C16H26N4O2. The Balaban J connectivity index is 1.49. The highest BCUT2D eigenvalue weighted by molar-refractivity contribution is 5.80. The maximum Gasteiger partial charge on any atom is 0.227 e. The van der Waals surface area contributed by atoms with Crippen LogP contribution in [0.3, 0.4) is 0 Å². The minimum Gasteiger partial charge on any atom is -0.383 e. The Labute approximate surface area is 132 Å². The Kier molecular flexibility index (Phi) is 4.49. The average Bonchev–Trinajstić information content (AvgIpc) is 3.02. The van der Waals surface area contributed by atoms with E-state index in [4.69, 9.17) is 4.74 Å². The SMILES string of the molecule is COCCN1CC[C@H](C(=O)N2CC(n3nc(C)cc3C)C2)C1. The highest BCUT2D eigenvalue weighted by atomic mass is 16.5. The molecule has 1 aromatic rings. The predicted octanol–water partition coefficient (Wildman–Crippen LogP) is 0.852. The molecule has 0 aliphatic carbocycles. The number of aromatic nitrogens is 2. The number of hydrogen-bond acceptors (Lipinski definition) is 4. The van der Waals surface area contributed by atoms with Gasteiger partial charge in [0.25, 0.3) is 0 Å². The largest absolute Gasteiger partial charge is 0.383 e. The summed E-state index contributed by atoms with van der Waals surface area (Å²) in [5.74, 6) is 0.482. The smallest absolute Gasteiger partial charge is 0.227 e. The van der Waals surface area contributed by atoms with Crippen LogP contribution >= 0.6 is 0 Å². The van der Waals surface area contributed by atoms with Gasteiger partial charge in [0.1, 0.15) is 0 Å². The third-order valence-electron chi connectivity index (χ3n) is 4.80. The number of rotatable bonds is 5. The molecule has 3 heterocycles. The molecule has 22 heavy (non-hydrogen) atoms. The van der Waals surface area contributed by atoms with Crippen molar-refractivity contribution in [3.8, 4) is 0 Å². The number of ether oxygens (including phenoxy) is 1. The molecule has 0 bridgehead atoms.